The van der Waals surface area contributed by atoms with Gasteiger partial charge in [0.05, 0.1) is 15.6 Å². The molecule has 16 heavy (non-hydrogen) atoms. The van der Waals surface area contributed by atoms with Gasteiger partial charge in [-0.2, -0.15) is 0 Å². The van der Waals surface area contributed by atoms with Gasteiger partial charge < -0.3 is 10.1 Å². The summed E-state index contributed by atoms with van der Waals surface area (Å²) in [7, 11) is 0. The van der Waals surface area contributed by atoms with E-state index in [0.717, 1.165) is 27.8 Å². The molecule has 0 unspecified atom stereocenters. The van der Waals surface area contributed by atoms with Gasteiger partial charge in [0.2, 0.25) is 0 Å². The molecule has 0 fully saturated rings. The van der Waals surface area contributed by atoms with Crippen molar-refractivity contribution in [3.63, 3.8) is 0 Å². The van der Waals surface area contributed by atoms with Crippen LogP contribution in [0, 0.1) is 0 Å². The topological polar surface area (TPSA) is 21.3 Å². The molecule has 1 rings (SSSR count). The number of halogens is 2. The Bertz CT molecular complexity index is 343. The van der Waals surface area contributed by atoms with Crippen LogP contribution in [0.1, 0.15) is 12.5 Å². The molecule has 0 heterocycles. The summed E-state index contributed by atoms with van der Waals surface area (Å²) in [6.07, 6.45) is 1.85. The molecule has 0 aliphatic rings. The van der Waals surface area contributed by atoms with E-state index >= 15 is 0 Å². The number of ether oxygens (including phenoxy) is 1. The molecule has 0 aliphatic carbocycles. The SMILES string of the molecule is C=CCNCc1cc(Br)c(OCC)c(Br)c1. The molecule has 2 nitrogen and oxygen atoms in total. The van der Waals surface area contributed by atoms with Gasteiger partial charge in [-0.3, -0.25) is 0 Å². The molecule has 0 aliphatic heterocycles. The van der Waals surface area contributed by atoms with Gasteiger partial charge in [0.15, 0.2) is 0 Å². The maximum absolute atomic E-state index is 5.52. The second-order valence-electron chi connectivity index (χ2n) is 3.24. The van der Waals surface area contributed by atoms with Gasteiger partial charge in [0.1, 0.15) is 5.75 Å². The van der Waals surface area contributed by atoms with Crippen LogP contribution in [0.25, 0.3) is 0 Å². The van der Waals surface area contributed by atoms with E-state index in [1.54, 1.807) is 0 Å². The molecule has 0 bridgehead atoms. The van der Waals surface area contributed by atoms with Crippen LogP contribution in [0.15, 0.2) is 33.7 Å². The third-order valence-electron chi connectivity index (χ3n) is 1.96. The maximum Gasteiger partial charge on any atom is 0.147 e. The van der Waals surface area contributed by atoms with Gasteiger partial charge in [0.25, 0.3) is 0 Å². The Morgan fingerprint density at radius 2 is 2.00 bits per heavy atom. The third kappa shape index (κ3) is 3.92. The van der Waals surface area contributed by atoms with E-state index in [-0.39, 0.29) is 0 Å². The number of rotatable bonds is 6. The average molecular weight is 349 g/mol. The molecule has 0 spiro atoms. The van der Waals surface area contributed by atoms with E-state index in [9.17, 15) is 0 Å². The van der Waals surface area contributed by atoms with Gasteiger partial charge in [0, 0.05) is 13.1 Å². The predicted molar refractivity (Wildman–Crippen MR) is 74.9 cm³/mol. The first-order valence-corrected chi connectivity index (χ1v) is 6.70. The number of benzene rings is 1. The second kappa shape index (κ2) is 7.09. The Kier molecular flexibility index (Phi) is 6.09. The fourth-order valence-electron chi connectivity index (χ4n) is 1.32. The highest BCUT2D eigenvalue weighted by Crippen LogP contribution is 2.34. The summed E-state index contributed by atoms with van der Waals surface area (Å²) in [4.78, 5) is 0. The van der Waals surface area contributed by atoms with Crippen molar-refractivity contribution < 1.29 is 4.74 Å². The zero-order valence-electron chi connectivity index (χ0n) is 9.22. The normalized spacial score (nSPS) is 10.2. The minimum absolute atomic E-state index is 0.658. The summed E-state index contributed by atoms with van der Waals surface area (Å²) in [6, 6.07) is 4.12. The highest BCUT2D eigenvalue weighted by Gasteiger charge is 2.07. The van der Waals surface area contributed by atoms with Crippen molar-refractivity contribution >= 4 is 31.9 Å². The highest BCUT2D eigenvalue weighted by atomic mass is 79.9. The smallest absolute Gasteiger partial charge is 0.147 e. The molecule has 1 aromatic rings. The lowest BCUT2D eigenvalue weighted by Crippen LogP contribution is -2.12. The van der Waals surface area contributed by atoms with Crippen LogP contribution < -0.4 is 10.1 Å². The fraction of sp³-hybridized carbons (Fsp3) is 0.333. The molecular formula is C12H15Br2NO. The quantitative estimate of drug-likeness (QED) is 0.622. The summed E-state index contributed by atoms with van der Waals surface area (Å²) in [5.41, 5.74) is 1.20. The maximum atomic E-state index is 5.52. The summed E-state index contributed by atoms with van der Waals surface area (Å²) >= 11 is 7.01. The van der Waals surface area contributed by atoms with E-state index in [1.165, 1.54) is 5.56 Å². The first-order valence-electron chi connectivity index (χ1n) is 5.11. The Hall–Kier alpha value is -0.320. The van der Waals surface area contributed by atoms with Crippen LogP contribution >= 0.6 is 31.9 Å². The Morgan fingerprint density at radius 1 is 1.38 bits per heavy atom. The zero-order chi connectivity index (χ0) is 12.0. The lowest BCUT2D eigenvalue weighted by molar-refractivity contribution is 0.336. The monoisotopic (exact) mass is 347 g/mol. The van der Waals surface area contributed by atoms with E-state index < -0.39 is 0 Å². The predicted octanol–water partition coefficient (Wildman–Crippen LogP) is 3.89. The van der Waals surface area contributed by atoms with E-state index in [1.807, 2.05) is 13.0 Å². The lowest BCUT2D eigenvalue weighted by atomic mass is 10.2. The Morgan fingerprint density at radius 3 is 2.50 bits per heavy atom. The van der Waals surface area contributed by atoms with Crippen molar-refractivity contribution in [1.29, 1.82) is 0 Å². The number of hydrogen-bond acceptors (Lipinski definition) is 2. The zero-order valence-corrected chi connectivity index (χ0v) is 12.4. The summed E-state index contributed by atoms with van der Waals surface area (Å²) < 4.78 is 7.46. The fourth-order valence-corrected chi connectivity index (χ4v) is 2.83. The number of hydrogen-bond donors (Lipinski definition) is 1. The first kappa shape index (κ1) is 13.7. The van der Waals surface area contributed by atoms with Crippen molar-refractivity contribution in [1.82, 2.24) is 5.32 Å². The number of nitrogens with one attached hydrogen (secondary N) is 1. The summed E-state index contributed by atoms with van der Waals surface area (Å²) in [5.74, 6) is 0.856. The molecule has 4 heteroatoms. The van der Waals surface area contributed by atoms with Crippen molar-refractivity contribution in [3.05, 3.63) is 39.3 Å². The van der Waals surface area contributed by atoms with Crippen molar-refractivity contribution in [2.45, 2.75) is 13.5 Å². The van der Waals surface area contributed by atoms with Crippen molar-refractivity contribution in [2.75, 3.05) is 13.2 Å². The molecule has 0 radical (unpaired) electrons. The van der Waals surface area contributed by atoms with Gasteiger partial charge in [-0.25, -0.2) is 0 Å². The first-order chi connectivity index (χ1) is 7.69. The molecular weight excluding hydrogens is 334 g/mol. The van der Waals surface area contributed by atoms with Gasteiger partial charge >= 0.3 is 0 Å². The Balaban J connectivity index is 2.78. The van der Waals surface area contributed by atoms with Gasteiger partial charge in [-0.15, -0.1) is 6.58 Å². The highest BCUT2D eigenvalue weighted by molar-refractivity contribution is 9.11. The van der Waals surface area contributed by atoms with Gasteiger partial charge in [-0.05, 0) is 56.5 Å². The lowest BCUT2D eigenvalue weighted by Gasteiger charge is -2.11. The van der Waals surface area contributed by atoms with Gasteiger partial charge in [-0.1, -0.05) is 6.08 Å². The van der Waals surface area contributed by atoms with Crippen LogP contribution in [-0.2, 0) is 6.54 Å². The standard InChI is InChI=1S/C12H15Br2NO/c1-3-5-15-8-9-6-10(13)12(16-4-2)11(14)7-9/h3,6-7,15H,1,4-5,8H2,2H3. The van der Waals surface area contributed by atoms with Crippen LogP contribution in [-0.4, -0.2) is 13.2 Å². The van der Waals surface area contributed by atoms with Crippen LogP contribution in [0.5, 0.6) is 5.75 Å². The molecule has 0 saturated heterocycles. The minimum atomic E-state index is 0.658. The molecule has 0 amide bonds. The van der Waals surface area contributed by atoms with Crippen molar-refractivity contribution in [2.24, 2.45) is 0 Å². The Labute approximate surface area is 113 Å². The third-order valence-corrected chi connectivity index (χ3v) is 3.14. The largest absolute Gasteiger partial charge is 0.492 e. The molecule has 0 atom stereocenters. The van der Waals surface area contributed by atoms with Crippen molar-refractivity contribution in [3.8, 4) is 5.75 Å². The second-order valence-corrected chi connectivity index (χ2v) is 4.95. The van der Waals surface area contributed by atoms with Crippen LogP contribution in [0.4, 0.5) is 0 Å². The van der Waals surface area contributed by atoms with E-state index in [2.05, 4.69) is 55.9 Å². The molecule has 1 aromatic carbocycles. The average Bonchev–Trinajstić information content (AvgIpc) is 2.24. The van der Waals surface area contributed by atoms with E-state index in [4.69, 9.17) is 4.74 Å². The van der Waals surface area contributed by atoms with Crippen LogP contribution in [0.2, 0.25) is 0 Å². The van der Waals surface area contributed by atoms with Crippen LogP contribution in [0.3, 0.4) is 0 Å². The molecule has 1 N–H and O–H groups in total. The molecule has 88 valence electrons. The summed E-state index contributed by atoms with van der Waals surface area (Å²) in [6.45, 7) is 7.92. The molecule has 0 aromatic heterocycles. The molecule has 0 saturated carbocycles. The minimum Gasteiger partial charge on any atom is -0.492 e. The van der Waals surface area contributed by atoms with E-state index in [0.29, 0.717) is 6.61 Å². The summed E-state index contributed by atoms with van der Waals surface area (Å²) in [5, 5.41) is 3.26.